The summed E-state index contributed by atoms with van der Waals surface area (Å²) in [5.41, 5.74) is 1.18. The van der Waals surface area contributed by atoms with Crippen molar-refractivity contribution in [3.05, 3.63) is 58.6 Å². The zero-order chi connectivity index (χ0) is 24.0. The van der Waals surface area contributed by atoms with E-state index in [2.05, 4.69) is 0 Å². The Morgan fingerprint density at radius 3 is 2.30 bits per heavy atom. The van der Waals surface area contributed by atoms with Gasteiger partial charge in [-0.1, -0.05) is 29.8 Å². The summed E-state index contributed by atoms with van der Waals surface area (Å²) in [7, 11) is 2.82. The Balaban J connectivity index is 1.61. The molecular weight excluding hydrogens is 448 g/mol. The van der Waals surface area contributed by atoms with Crippen molar-refractivity contribution >= 4 is 29.3 Å². The third kappa shape index (κ3) is 5.83. The van der Waals surface area contributed by atoms with E-state index in [4.69, 9.17) is 25.8 Å². The van der Waals surface area contributed by atoms with Crippen LogP contribution in [0.15, 0.2) is 42.5 Å². The number of rotatable bonds is 8. The molecule has 0 spiro atoms. The molecule has 1 unspecified atom stereocenters. The molecule has 0 radical (unpaired) electrons. The zero-order valence-electron chi connectivity index (χ0n) is 18.9. The molecule has 9 heteroatoms. The second-order valence-corrected chi connectivity index (χ2v) is 7.98. The summed E-state index contributed by atoms with van der Waals surface area (Å²) in [6, 6.07) is 11.4. The normalized spacial score (nSPS) is 15.0. The first-order valence-corrected chi connectivity index (χ1v) is 10.9. The first-order chi connectivity index (χ1) is 15.8. The van der Waals surface area contributed by atoms with Gasteiger partial charge in [0.1, 0.15) is 6.04 Å². The fourth-order valence-electron chi connectivity index (χ4n) is 3.75. The van der Waals surface area contributed by atoms with Gasteiger partial charge in [-0.25, -0.2) is 4.79 Å². The number of halogens is 1. The minimum atomic E-state index is -0.638. The maximum Gasteiger partial charge on any atom is 0.327 e. The minimum Gasteiger partial charge on any atom is -0.493 e. The summed E-state index contributed by atoms with van der Waals surface area (Å²) in [4.78, 5) is 40.4. The molecule has 8 nitrogen and oxygen atoms in total. The smallest absolute Gasteiger partial charge is 0.327 e. The van der Waals surface area contributed by atoms with Crippen molar-refractivity contribution in [3.8, 4) is 11.5 Å². The van der Waals surface area contributed by atoms with Crippen molar-refractivity contribution in [1.29, 1.82) is 0 Å². The van der Waals surface area contributed by atoms with Gasteiger partial charge in [-0.2, -0.15) is 0 Å². The van der Waals surface area contributed by atoms with Gasteiger partial charge in [0.25, 0.3) is 5.91 Å². The number of hydrogen-bond acceptors (Lipinski definition) is 7. The van der Waals surface area contributed by atoms with Crippen molar-refractivity contribution in [2.75, 3.05) is 47.0 Å². The Kier molecular flexibility index (Phi) is 8.30. The van der Waals surface area contributed by atoms with Gasteiger partial charge in [-0.05, 0) is 36.8 Å². The molecule has 1 heterocycles. The molecular formula is C24H27ClN2O6. The standard InChI is InChI=1S/C24H27ClN2O6/c1-16(28)17-8-9-20(21(14-17)31-2)33-15-22(29)26-10-12-27(13-11-26)23(24(30)32-3)18-6-4-5-7-19(18)25/h4-9,14,23H,10-13,15H2,1-3H3. The van der Waals surface area contributed by atoms with Gasteiger partial charge in [0, 0.05) is 36.8 Å². The third-order valence-electron chi connectivity index (χ3n) is 5.58. The van der Waals surface area contributed by atoms with Gasteiger partial charge in [0.05, 0.1) is 14.2 Å². The molecule has 33 heavy (non-hydrogen) atoms. The summed E-state index contributed by atoms with van der Waals surface area (Å²) in [6.45, 7) is 3.12. The summed E-state index contributed by atoms with van der Waals surface area (Å²) in [5, 5.41) is 0.490. The lowest BCUT2D eigenvalue weighted by molar-refractivity contribution is -0.148. The van der Waals surface area contributed by atoms with Gasteiger partial charge in [0.15, 0.2) is 23.9 Å². The molecule has 176 valence electrons. The Bertz CT molecular complexity index is 1020. The van der Waals surface area contributed by atoms with Crippen molar-refractivity contribution in [2.45, 2.75) is 13.0 Å². The highest BCUT2D eigenvalue weighted by Crippen LogP contribution is 2.30. The van der Waals surface area contributed by atoms with Gasteiger partial charge in [-0.15, -0.1) is 0 Å². The highest BCUT2D eigenvalue weighted by atomic mass is 35.5. The number of methoxy groups -OCH3 is 2. The predicted molar refractivity (Wildman–Crippen MR) is 123 cm³/mol. The fourth-order valence-corrected chi connectivity index (χ4v) is 3.99. The number of piperazine rings is 1. The molecule has 0 N–H and O–H groups in total. The minimum absolute atomic E-state index is 0.0872. The van der Waals surface area contributed by atoms with E-state index in [-0.39, 0.29) is 18.3 Å². The maximum absolute atomic E-state index is 12.7. The van der Waals surface area contributed by atoms with Crippen molar-refractivity contribution in [1.82, 2.24) is 9.80 Å². The maximum atomic E-state index is 12.7. The molecule has 1 fully saturated rings. The number of carbonyl (C=O) groups is 3. The SMILES string of the molecule is COC(=O)C(c1ccccc1Cl)N1CCN(C(=O)COc2ccc(C(C)=O)cc2OC)CC1. The van der Waals surface area contributed by atoms with Crippen molar-refractivity contribution in [3.63, 3.8) is 0 Å². The first kappa shape index (κ1) is 24.5. The largest absolute Gasteiger partial charge is 0.493 e. The first-order valence-electron chi connectivity index (χ1n) is 10.5. The van der Waals surface area contributed by atoms with Gasteiger partial charge in [-0.3, -0.25) is 14.5 Å². The second-order valence-electron chi connectivity index (χ2n) is 7.57. The monoisotopic (exact) mass is 474 g/mol. The molecule has 1 amide bonds. The van der Waals surface area contributed by atoms with Crippen LogP contribution in [0.5, 0.6) is 11.5 Å². The second kappa shape index (κ2) is 11.2. The highest BCUT2D eigenvalue weighted by molar-refractivity contribution is 6.31. The van der Waals surface area contributed by atoms with E-state index in [1.807, 2.05) is 11.0 Å². The molecule has 0 saturated carbocycles. The number of hydrogen-bond donors (Lipinski definition) is 0. The number of Topliss-reactive ketones (excluding diaryl/α,β-unsaturated/α-hetero) is 1. The Morgan fingerprint density at radius 1 is 1.00 bits per heavy atom. The van der Waals surface area contributed by atoms with Crippen LogP contribution in [0, 0.1) is 0 Å². The van der Waals surface area contributed by atoms with Crippen LogP contribution < -0.4 is 9.47 Å². The molecule has 1 saturated heterocycles. The summed E-state index contributed by atoms with van der Waals surface area (Å²) in [5.74, 6) is 0.114. The number of esters is 1. The summed E-state index contributed by atoms with van der Waals surface area (Å²) >= 11 is 6.33. The molecule has 1 atom stereocenters. The summed E-state index contributed by atoms with van der Waals surface area (Å²) < 4.78 is 15.9. The molecule has 0 bridgehead atoms. The molecule has 2 aromatic rings. The van der Waals surface area contributed by atoms with Crippen LogP contribution in [0.2, 0.25) is 5.02 Å². The van der Waals surface area contributed by atoms with E-state index < -0.39 is 12.0 Å². The van der Waals surface area contributed by atoms with Gasteiger partial charge in [0.2, 0.25) is 0 Å². The Labute approximate surface area is 198 Å². The quantitative estimate of drug-likeness (QED) is 0.429. The van der Waals surface area contributed by atoms with Crippen LogP contribution >= 0.6 is 11.6 Å². The summed E-state index contributed by atoms with van der Waals surface area (Å²) in [6.07, 6.45) is 0. The van der Waals surface area contributed by atoms with E-state index in [1.165, 1.54) is 21.1 Å². The molecule has 3 rings (SSSR count). The van der Waals surface area contributed by atoms with Crippen LogP contribution in [0.4, 0.5) is 0 Å². The van der Waals surface area contributed by atoms with E-state index in [0.29, 0.717) is 53.8 Å². The van der Waals surface area contributed by atoms with Crippen LogP contribution in [0.1, 0.15) is 28.9 Å². The predicted octanol–water partition coefficient (Wildman–Crippen LogP) is 2.99. The van der Waals surface area contributed by atoms with E-state index in [9.17, 15) is 14.4 Å². The lowest BCUT2D eigenvalue weighted by atomic mass is 10.0. The van der Waals surface area contributed by atoms with Crippen LogP contribution in [0.25, 0.3) is 0 Å². The van der Waals surface area contributed by atoms with Crippen LogP contribution in [-0.4, -0.2) is 74.5 Å². The number of ketones is 1. The van der Waals surface area contributed by atoms with E-state index >= 15 is 0 Å². The molecule has 2 aromatic carbocycles. The third-order valence-corrected chi connectivity index (χ3v) is 5.92. The van der Waals surface area contributed by atoms with Crippen LogP contribution in [-0.2, 0) is 14.3 Å². The van der Waals surface area contributed by atoms with Gasteiger partial charge >= 0.3 is 5.97 Å². The fraction of sp³-hybridized carbons (Fsp3) is 0.375. The lowest BCUT2D eigenvalue weighted by Gasteiger charge is -2.38. The van der Waals surface area contributed by atoms with E-state index in [0.717, 1.165) is 0 Å². The van der Waals surface area contributed by atoms with Gasteiger partial charge < -0.3 is 19.1 Å². The van der Waals surface area contributed by atoms with Crippen LogP contribution in [0.3, 0.4) is 0 Å². The Hall–Kier alpha value is -3.10. The lowest BCUT2D eigenvalue weighted by Crippen LogP contribution is -2.52. The van der Waals surface area contributed by atoms with Crippen molar-refractivity contribution < 1.29 is 28.6 Å². The molecule has 0 aliphatic carbocycles. The zero-order valence-corrected chi connectivity index (χ0v) is 19.6. The van der Waals surface area contributed by atoms with Crippen molar-refractivity contribution in [2.24, 2.45) is 0 Å². The number of amides is 1. The average molecular weight is 475 g/mol. The highest BCUT2D eigenvalue weighted by Gasteiger charge is 2.33. The molecule has 0 aromatic heterocycles. The van der Waals surface area contributed by atoms with E-state index in [1.54, 1.807) is 41.3 Å². The average Bonchev–Trinajstić information content (AvgIpc) is 2.83. The number of ether oxygens (including phenoxy) is 3. The molecule has 1 aliphatic rings. The topological polar surface area (TPSA) is 85.4 Å². The number of carbonyl (C=O) groups excluding carboxylic acids is 3. The molecule has 1 aliphatic heterocycles. The number of benzene rings is 2. The number of nitrogens with zero attached hydrogens (tertiary/aromatic N) is 2. The Morgan fingerprint density at radius 2 is 1.70 bits per heavy atom.